The number of nitrogens with one attached hydrogen (secondary N) is 1. The minimum absolute atomic E-state index is 0.285. The maximum absolute atomic E-state index is 12.8. The Morgan fingerprint density at radius 3 is 2.56 bits per heavy atom. The van der Waals surface area contributed by atoms with Crippen LogP contribution in [0.5, 0.6) is 0 Å². The first-order chi connectivity index (χ1) is 7.58. The Bertz CT molecular complexity index is 628. The molecule has 0 aliphatic rings. The first-order valence-corrected chi connectivity index (χ1v) is 5.05. The average molecular weight is 236 g/mol. The van der Waals surface area contributed by atoms with Crippen molar-refractivity contribution in [1.29, 1.82) is 0 Å². The number of benzene rings is 1. The fourth-order valence-electron chi connectivity index (χ4n) is 1.45. The van der Waals surface area contributed by atoms with Crippen LogP contribution in [-0.4, -0.2) is 9.55 Å². The number of nitrogens with zero attached hydrogens (tertiary/aromatic N) is 1. The second-order valence-corrected chi connectivity index (χ2v) is 3.83. The Labute approximate surface area is 96.2 Å². The Morgan fingerprint density at radius 1 is 1.31 bits per heavy atom. The molecule has 0 bridgehead atoms. The van der Waals surface area contributed by atoms with E-state index in [0.29, 0.717) is 10.3 Å². The number of aromatic amines is 1. The Balaban J connectivity index is 2.69. The van der Waals surface area contributed by atoms with Gasteiger partial charge in [-0.15, -0.1) is 0 Å². The molecule has 1 N–H and O–H groups in total. The number of aromatic nitrogens is 2. The topological polar surface area (TPSA) is 37.8 Å². The molecule has 1 heterocycles. The van der Waals surface area contributed by atoms with E-state index in [1.54, 1.807) is 25.2 Å². The Kier molecular flexibility index (Phi) is 2.70. The molecule has 0 unspecified atom stereocenters. The standard InChI is InChI=1S/C11H9FN2OS/c1-14-9(6-10(16)13-11(14)15)7-2-4-8(12)5-3-7/h2-6H,1H3,(H,13,15,16). The van der Waals surface area contributed by atoms with E-state index in [1.807, 2.05) is 0 Å². The molecule has 1 aromatic heterocycles. The van der Waals surface area contributed by atoms with Gasteiger partial charge in [0.1, 0.15) is 10.5 Å². The van der Waals surface area contributed by atoms with E-state index in [-0.39, 0.29) is 11.5 Å². The van der Waals surface area contributed by atoms with Gasteiger partial charge >= 0.3 is 5.69 Å². The molecule has 0 amide bonds. The van der Waals surface area contributed by atoms with Gasteiger partial charge in [0.05, 0.1) is 5.69 Å². The first kappa shape index (κ1) is 10.8. The fourth-order valence-corrected chi connectivity index (χ4v) is 1.65. The van der Waals surface area contributed by atoms with Gasteiger partial charge in [0.2, 0.25) is 0 Å². The molecule has 16 heavy (non-hydrogen) atoms. The summed E-state index contributed by atoms with van der Waals surface area (Å²) in [6.07, 6.45) is 0. The minimum atomic E-state index is -0.310. The Hall–Kier alpha value is -1.75. The molecule has 0 radical (unpaired) electrons. The third kappa shape index (κ3) is 1.94. The summed E-state index contributed by atoms with van der Waals surface area (Å²) in [4.78, 5) is 14.0. The van der Waals surface area contributed by atoms with E-state index >= 15 is 0 Å². The predicted octanol–water partition coefficient (Wildman–Crippen LogP) is 2.25. The summed E-state index contributed by atoms with van der Waals surface area (Å²) >= 11 is 4.93. The molecule has 0 saturated heterocycles. The van der Waals surface area contributed by atoms with E-state index in [1.165, 1.54) is 16.7 Å². The van der Waals surface area contributed by atoms with Gasteiger partial charge < -0.3 is 0 Å². The minimum Gasteiger partial charge on any atom is -0.298 e. The van der Waals surface area contributed by atoms with Gasteiger partial charge in [-0.25, -0.2) is 9.18 Å². The zero-order valence-corrected chi connectivity index (χ0v) is 9.34. The van der Waals surface area contributed by atoms with Gasteiger partial charge in [-0.05, 0) is 35.9 Å². The molecule has 3 nitrogen and oxygen atoms in total. The third-order valence-electron chi connectivity index (χ3n) is 2.30. The molecule has 5 heteroatoms. The highest BCUT2D eigenvalue weighted by molar-refractivity contribution is 7.71. The third-order valence-corrected chi connectivity index (χ3v) is 2.52. The van der Waals surface area contributed by atoms with Crippen molar-refractivity contribution in [2.75, 3.05) is 0 Å². The van der Waals surface area contributed by atoms with E-state index in [9.17, 15) is 9.18 Å². The number of hydrogen-bond donors (Lipinski definition) is 1. The van der Waals surface area contributed by atoms with Crippen molar-refractivity contribution in [3.05, 3.63) is 51.3 Å². The van der Waals surface area contributed by atoms with Crippen LogP contribution >= 0.6 is 12.2 Å². The van der Waals surface area contributed by atoms with E-state index < -0.39 is 0 Å². The highest BCUT2D eigenvalue weighted by Gasteiger charge is 2.03. The normalized spacial score (nSPS) is 10.4. The van der Waals surface area contributed by atoms with Crippen LogP contribution in [0, 0.1) is 10.5 Å². The van der Waals surface area contributed by atoms with Gasteiger partial charge in [0, 0.05) is 7.05 Å². The summed E-state index contributed by atoms with van der Waals surface area (Å²) in [5.74, 6) is -0.310. The second kappa shape index (κ2) is 4.02. The van der Waals surface area contributed by atoms with Crippen molar-refractivity contribution in [1.82, 2.24) is 9.55 Å². The van der Waals surface area contributed by atoms with E-state index in [0.717, 1.165) is 5.56 Å². The summed E-state index contributed by atoms with van der Waals surface area (Å²) in [7, 11) is 1.63. The lowest BCUT2D eigenvalue weighted by atomic mass is 10.1. The lowest BCUT2D eigenvalue weighted by molar-refractivity contribution is 0.628. The molecular weight excluding hydrogens is 227 g/mol. The van der Waals surface area contributed by atoms with E-state index in [2.05, 4.69) is 4.98 Å². The van der Waals surface area contributed by atoms with Gasteiger partial charge in [-0.3, -0.25) is 9.55 Å². The van der Waals surface area contributed by atoms with E-state index in [4.69, 9.17) is 12.2 Å². The van der Waals surface area contributed by atoms with Crippen LogP contribution in [-0.2, 0) is 7.05 Å². The predicted molar refractivity (Wildman–Crippen MR) is 62.3 cm³/mol. The molecule has 0 aliphatic carbocycles. The summed E-state index contributed by atoms with van der Waals surface area (Å²) in [6.45, 7) is 0. The van der Waals surface area contributed by atoms with Crippen LogP contribution in [0.4, 0.5) is 4.39 Å². The lowest BCUT2D eigenvalue weighted by Crippen LogP contribution is -2.21. The maximum Gasteiger partial charge on any atom is 0.326 e. The molecule has 0 saturated carbocycles. The molecular formula is C11H9FN2OS. The number of hydrogen-bond acceptors (Lipinski definition) is 2. The fraction of sp³-hybridized carbons (Fsp3) is 0.0909. The first-order valence-electron chi connectivity index (χ1n) is 4.64. The summed E-state index contributed by atoms with van der Waals surface area (Å²) in [6, 6.07) is 7.58. The highest BCUT2D eigenvalue weighted by Crippen LogP contribution is 2.17. The zero-order valence-electron chi connectivity index (χ0n) is 8.53. The zero-order chi connectivity index (χ0) is 11.7. The number of rotatable bonds is 1. The number of H-pyrrole nitrogens is 1. The largest absolute Gasteiger partial charge is 0.326 e. The number of halogens is 1. The highest BCUT2D eigenvalue weighted by atomic mass is 32.1. The quantitative estimate of drug-likeness (QED) is 0.771. The molecule has 2 aromatic rings. The monoisotopic (exact) mass is 236 g/mol. The molecule has 82 valence electrons. The second-order valence-electron chi connectivity index (χ2n) is 3.39. The van der Waals surface area contributed by atoms with Crippen molar-refractivity contribution >= 4 is 12.2 Å². The van der Waals surface area contributed by atoms with Crippen molar-refractivity contribution < 1.29 is 4.39 Å². The molecule has 0 atom stereocenters. The molecule has 2 rings (SSSR count). The van der Waals surface area contributed by atoms with Gasteiger partial charge in [-0.1, -0.05) is 12.2 Å². The molecule has 0 spiro atoms. The molecule has 0 fully saturated rings. The Morgan fingerprint density at radius 2 is 1.94 bits per heavy atom. The van der Waals surface area contributed by atoms with Crippen molar-refractivity contribution in [2.24, 2.45) is 7.05 Å². The smallest absolute Gasteiger partial charge is 0.298 e. The van der Waals surface area contributed by atoms with Crippen molar-refractivity contribution in [3.8, 4) is 11.3 Å². The summed E-state index contributed by atoms with van der Waals surface area (Å²) in [5.41, 5.74) is 1.13. The van der Waals surface area contributed by atoms with Crippen LogP contribution < -0.4 is 5.69 Å². The lowest BCUT2D eigenvalue weighted by Gasteiger charge is -2.07. The van der Waals surface area contributed by atoms with Crippen LogP contribution in [0.3, 0.4) is 0 Å². The molecule has 1 aromatic carbocycles. The van der Waals surface area contributed by atoms with Crippen LogP contribution in [0.15, 0.2) is 35.1 Å². The maximum atomic E-state index is 12.8. The van der Waals surface area contributed by atoms with Gasteiger partial charge in [0.15, 0.2) is 0 Å². The molecule has 0 aliphatic heterocycles. The van der Waals surface area contributed by atoms with Crippen LogP contribution in [0.2, 0.25) is 0 Å². The van der Waals surface area contributed by atoms with Crippen LogP contribution in [0.1, 0.15) is 0 Å². The van der Waals surface area contributed by atoms with Gasteiger partial charge in [0.25, 0.3) is 0 Å². The SMILES string of the molecule is Cn1c(-c2ccc(F)cc2)cc(=S)[nH]c1=O. The van der Waals surface area contributed by atoms with Crippen molar-refractivity contribution in [2.45, 2.75) is 0 Å². The van der Waals surface area contributed by atoms with Crippen LogP contribution in [0.25, 0.3) is 11.3 Å². The summed E-state index contributed by atoms with van der Waals surface area (Å²) in [5, 5.41) is 0. The van der Waals surface area contributed by atoms with Crippen molar-refractivity contribution in [3.63, 3.8) is 0 Å². The average Bonchev–Trinajstić information content (AvgIpc) is 2.25. The summed E-state index contributed by atoms with van der Waals surface area (Å²) < 4.78 is 14.6. The van der Waals surface area contributed by atoms with Gasteiger partial charge in [-0.2, -0.15) is 0 Å².